The van der Waals surface area contributed by atoms with Gasteiger partial charge in [-0.25, -0.2) is 9.97 Å². The molecular weight excluding hydrogens is 362 g/mol. The van der Waals surface area contributed by atoms with E-state index in [9.17, 15) is 5.11 Å². The van der Waals surface area contributed by atoms with Crippen LogP contribution in [0.5, 0.6) is 0 Å². The van der Waals surface area contributed by atoms with E-state index in [2.05, 4.69) is 10.0 Å². The number of aliphatic hydroxyl groups excluding tert-OH is 1. The highest BCUT2D eigenvalue weighted by atomic mass is 32.2. The summed E-state index contributed by atoms with van der Waals surface area (Å²) in [6.45, 7) is 6.77. The van der Waals surface area contributed by atoms with Crippen LogP contribution in [0.3, 0.4) is 0 Å². The van der Waals surface area contributed by atoms with Crippen LogP contribution in [0.15, 0.2) is 34.4 Å². The minimum Gasteiger partial charge on any atom is -0.393 e. The molecule has 2 heterocycles. The van der Waals surface area contributed by atoms with E-state index in [-0.39, 0.29) is 0 Å². The fourth-order valence-corrected chi connectivity index (χ4v) is 3.78. The summed E-state index contributed by atoms with van der Waals surface area (Å²) in [7, 11) is 0. The number of nitrogens with two attached hydrogens (primary N) is 1. The fourth-order valence-electron chi connectivity index (χ4n) is 2.92. The first-order chi connectivity index (χ1) is 13.1. The molecular formula is C19H25N5O2S. The Bertz CT molecular complexity index is 807. The highest BCUT2D eigenvalue weighted by Crippen LogP contribution is 2.32. The van der Waals surface area contributed by atoms with Gasteiger partial charge in [0.2, 0.25) is 0 Å². The zero-order valence-corrected chi connectivity index (χ0v) is 16.4. The minimum absolute atomic E-state index is 0.406. The van der Waals surface area contributed by atoms with Crippen LogP contribution in [0.4, 0.5) is 5.82 Å². The maximum atomic E-state index is 9.70. The van der Waals surface area contributed by atoms with Crippen molar-refractivity contribution in [2.45, 2.75) is 25.0 Å². The fraction of sp³-hybridized carbons (Fsp3) is 0.421. The quantitative estimate of drug-likeness (QED) is 0.257. The standard InChI is InChI=1S/C19H25N5O2S/c1-13(25)12-27-19-14(2)18(24-7-9-26-10-8-24)22-17(23-19)16-6-4-3-5-15(16)11-21-20/h3-6,11,13,25H,7-10,12,20H2,1-2H3/b21-11-. The normalized spacial score (nSPS) is 16.0. The summed E-state index contributed by atoms with van der Waals surface area (Å²) in [5.74, 6) is 7.48. The third-order valence-corrected chi connectivity index (χ3v) is 5.58. The van der Waals surface area contributed by atoms with Crippen LogP contribution in [-0.4, -0.2) is 59.4 Å². The lowest BCUT2D eigenvalue weighted by Gasteiger charge is -2.30. The summed E-state index contributed by atoms with van der Waals surface area (Å²) in [5, 5.41) is 14.2. The summed E-state index contributed by atoms with van der Waals surface area (Å²) in [4.78, 5) is 11.9. The van der Waals surface area contributed by atoms with Gasteiger partial charge in [0, 0.05) is 35.5 Å². The van der Waals surface area contributed by atoms with E-state index in [4.69, 9.17) is 20.5 Å². The molecule has 2 aromatic rings. The number of morpholine rings is 1. The summed E-state index contributed by atoms with van der Waals surface area (Å²) in [6.07, 6.45) is 1.20. The van der Waals surface area contributed by atoms with E-state index in [0.717, 1.165) is 40.6 Å². The maximum Gasteiger partial charge on any atom is 0.163 e. The minimum atomic E-state index is -0.406. The van der Waals surface area contributed by atoms with Crippen molar-refractivity contribution in [3.05, 3.63) is 35.4 Å². The number of hydrogen-bond donors (Lipinski definition) is 2. The number of thioether (sulfide) groups is 1. The molecule has 3 rings (SSSR count). The molecule has 0 spiro atoms. The number of aromatic nitrogens is 2. The van der Waals surface area contributed by atoms with Gasteiger partial charge in [-0.1, -0.05) is 24.3 Å². The second-order valence-electron chi connectivity index (χ2n) is 6.43. The van der Waals surface area contributed by atoms with Gasteiger partial charge in [-0.05, 0) is 13.8 Å². The van der Waals surface area contributed by atoms with E-state index in [1.165, 1.54) is 0 Å². The van der Waals surface area contributed by atoms with Crippen LogP contribution in [0.25, 0.3) is 11.4 Å². The van der Waals surface area contributed by atoms with Gasteiger partial charge in [-0.15, -0.1) is 11.8 Å². The highest BCUT2D eigenvalue weighted by Gasteiger charge is 2.21. The van der Waals surface area contributed by atoms with Crippen molar-refractivity contribution in [1.29, 1.82) is 0 Å². The topological polar surface area (TPSA) is 96.9 Å². The van der Waals surface area contributed by atoms with Crippen molar-refractivity contribution in [1.82, 2.24) is 9.97 Å². The van der Waals surface area contributed by atoms with Crippen molar-refractivity contribution in [2.75, 3.05) is 37.0 Å². The van der Waals surface area contributed by atoms with Gasteiger partial charge in [0.25, 0.3) is 0 Å². The molecule has 1 saturated heterocycles. The number of aliphatic hydroxyl groups is 1. The smallest absolute Gasteiger partial charge is 0.163 e. The third-order valence-electron chi connectivity index (χ3n) is 4.26. The first-order valence-electron chi connectivity index (χ1n) is 8.95. The lowest BCUT2D eigenvalue weighted by atomic mass is 10.1. The molecule has 0 aliphatic carbocycles. The number of hydrogen-bond acceptors (Lipinski definition) is 8. The number of nitrogens with zero attached hydrogens (tertiary/aromatic N) is 4. The Balaban J connectivity index is 2.09. The Labute approximate surface area is 163 Å². The second kappa shape index (κ2) is 9.16. The molecule has 0 radical (unpaired) electrons. The van der Waals surface area contributed by atoms with Crippen molar-refractivity contribution in [3.8, 4) is 11.4 Å². The molecule has 0 bridgehead atoms. The monoisotopic (exact) mass is 387 g/mol. The number of hydrazone groups is 1. The van der Waals surface area contributed by atoms with Gasteiger partial charge in [-0.2, -0.15) is 5.10 Å². The zero-order valence-electron chi connectivity index (χ0n) is 15.6. The molecule has 1 aromatic carbocycles. The van der Waals surface area contributed by atoms with Crippen molar-refractivity contribution in [3.63, 3.8) is 0 Å². The second-order valence-corrected chi connectivity index (χ2v) is 7.43. The van der Waals surface area contributed by atoms with Crippen molar-refractivity contribution < 1.29 is 9.84 Å². The summed E-state index contributed by atoms with van der Waals surface area (Å²) < 4.78 is 5.48. The van der Waals surface area contributed by atoms with Gasteiger partial charge < -0.3 is 20.6 Å². The van der Waals surface area contributed by atoms with Gasteiger partial charge >= 0.3 is 0 Å². The molecule has 1 atom stereocenters. The number of anilines is 1. The molecule has 1 aromatic heterocycles. The zero-order chi connectivity index (χ0) is 19.2. The van der Waals surface area contributed by atoms with E-state index >= 15 is 0 Å². The maximum absolute atomic E-state index is 9.70. The average Bonchev–Trinajstić information content (AvgIpc) is 2.68. The largest absolute Gasteiger partial charge is 0.393 e. The third kappa shape index (κ3) is 4.77. The molecule has 0 saturated carbocycles. The molecule has 1 aliphatic rings. The Hall–Kier alpha value is -2.16. The SMILES string of the molecule is Cc1c(SCC(C)O)nc(-c2ccccc2/C=N\N)nc1N1CCOCC1. The Kier molecular flexibility index (Phi) is 6.65. The Morgan fingerprint density at radius 1 is 1.33 bits per heavy atom. The first-order valence-corrected chi connectivity index (χ1v) is 9.93. The van der Waals surface area contributed by atoms with Gasteiger partial charge in [0.1, 0.15) is 10.8 Å². The molecule has 8 heteroatoms. The predicted octanol–water partition coefficient (Wildman–Crippen LogP) is 2.05. The van der Waals surface area contributed by atoms with E-state index in [1.807, 2.05) is 31.2 Å². The van der Waals surface area contributed by atoms with Gasteiger partial charge in [0.05, 0.1) is 25.5 Å². The highest BCUT2D eigenvalue weighted by molar-refractivity contribution is 7.99. The molecule has 144 valence electrons. The van der Waals surface area contributed by atoms with E-state index in [0.29, 0.717) is 24.8 Å². The molecule has 0 amide bonds. The van der Waals surface area contributed by atoms with Crippen LogP contribution in [0.2, 0.25) is 0 Å². The van der Waals surface area contributed by atoms with Crippen molar-refractivity contribution in [2.24, 2.45) is 10.9 Å². The molecule has 7 nitrogen and oxygen atoms in total. The van der Waals surface area contributed by atoms with Crippen molar-refractivity contribution >= 4 is 23.8 Å². The number of rotatable bonds is 6. The van der Waals surface area contributed by atoms with Crippen LogP contribution in [0.1, 0.15) is 18.1 Å². The lowest BCUT2D eigenvalue weighted by Crippen LogP contribution is -2.37. The molecule has 1 aliphatic heterocycles. The van der Waals surface area contributed by atoms with Crippen LogP contribution < -0.4 is 10.7 Å². The summed E-state index contributed by atoms with van der Waals surface area (Å²) in [6, 6.07) is 7.78. The van der Waals surface area contributed by atoms with Gasteiger partial charge in [-0.3, -0.25) is 0 Å². The molecule has 1 fully saturated rings. The molecule has 3 N–H and O–H groups in total. The first kappa shape index (κ1) is 19.6. The molecule has 1 unspecified atom stereocenters. The van der Waals surface area contributed by atoms with E-state index in [1.54, 1.807) is 24.9 Å². The lowest BCUT2D eigenvalue weighted by molar-refractivity contribution is 0.122. The number of ether oxygens (including phenoxy) is 1. The number of benzene rings is 1. The van der Waals surface area contributed by atoms with Crippen LogP contribution in [-0.2, 0) is 4.74 Å². The van der Waals surface area contributed by atoms with E-state index < -0.39 is 6.10 Å². The Morgan fingerprint density at radius 2 is 2.07 bits per heavy atom. The molecule has 27 heavy (non-hydrogen) atoms. The Morgan fingerprint density at radius 3 is 2.78 bits per heavy atom. The summed E-state index contributed by atoms with van der Waals surface area (Å²) in [5.41, 5.74) is 2.76. The predicted molar refractivity (Wildman–Crippen MR) is 109 cm³/mol. The van der Waals surface area contributed by atoms with Crippen LogP contribution in [0, 0.1) is 6.92 Å². The average molecular weight is 388 g/mol. The summed E-state index contributed by atoms with van der Waals surface area (Å²) >= 11 is 1.54. The van der Waals surface area contributed by atoms with Crippen LogP contribution >= 0.6 is 11.8 Å². The van der Waals surface area contributed by atoms with Gasteiger partial charge in [0.15, 0.2) is 5.82 Å².